The third kappa shape index (κ3) is 4.74. The van der Waals surface area contributed by atoms with Gasteiger partial charge in [-0.3, -0.25) is 4.79 Å². The van der Waals surface area contributed by atoms with E-state index in [1.54, 1.807) is 11.9 Å². The summed E-state index contributed by atoms with van der Waals surface area (Å²) in [5.41, 5.74) is -1.02. The first kappa shape index (κ1) is 22.8. The molecule has 26 heavy (non-hydrogen) atoms. The summed E-state index contributed by atoms with van der Waals surface area (Å²) in [6, 6.07) is 12.9. The van der Waals surface area contributed by atoms with Gasteiger partial charge in [0, 0.05) is 7.05 Å². The molecule has 0 saturated carbocycles. The van der Waals surface area contributed by atoms with Crippen LogP contribution in [0.2, 0.25) is 0 Å². The van der Waals surface area contributed by atoms with Gasteiger partial charge in [-0.05, 0) is 30.9 Å². The zero-order chi connectivity index (χ0) is 18.5. The van der Waals surface area contributed by atoms with E-state index in [0.29, 0.717) is 17.0 Å². The van der Waals surface area contributed by atoms with Crippen LogP contribution in [0.25, 0.3) is 0 Å². The Labute approximate surface area is 171 Å². The Bertz CT molecular complexity index is 674. The van der Waals surface area contributed by atoms with E-state index in [2.05, 4.69) is 20.9 Å². The fraction of sp³-hybridized carbons (Fsp3) is 0.450. The maximum Gasteiger partial charge on any atom is 0.264 e. The number of carbonyl (C=O) groups excluding carboxylic acids is 1. The second-order valence-electron chi connectivity index (χ2n) is 6.76. The number of hydrogen-bond acceptors (Lipinski definition) is 3. The van der Waals surface area contributed by atoms with Crippen LogP contribution in [0.3, 0.4) is 0 Å². The van der Waals surface area contributed by atoms with Crippen molar-refractivity contribution in [2.75, 3.05) is 40.3 Å². The van der Waals surface area contributed by atoms with Crippen LogP contribution in [0, 0.1) is 0 Å². The Balaban J connectivity index is 0.00000338. The quantitative estimate of drug-likeness (QED) is 0.583. The summed E-state index contributed by atoms with van der Waals surface area (Å²) >= 11 is 1.40. The number of hydrogen-bond donors (Lipinski definition) is 1. The molecule has 4 nitrogen and oxygen atoms in total. The highest BCUT2D eigenvalue weighted by Gasteiger charge is 2.43. The minimum Gasteiger partial charge on any atom is -1.00 e. The molecule has 1 aromatic heterocycles. The van der Waals surface area contributed by atoms with Crippen LogP contribution in [0.1, 0.15) is 24.3 Å². The summed E-state index contributed by atoms with van der Waals surface area (Å²) in [6.45, 7) is 7.84. The third-order valence-electron chi connectivity index (χ3n) is 5.23. The number of rotatable bonds is 8. The Morgan fingerprint density at radius 1 is 1.15 bits per heavy atom. The number of halogens is 1. The van der Waals surface area contributed by atoms with Gasteiger partial charge in [-0.15, -0.1) is 11.3 Å². The number of quaternary nitrogens is 1. The van der Waals surface area contributed by atoms with Gasteiger partial charge in [0.2, 0.25) is 5.60 Å². The van der Waals surface area contributed by atoms with Crippen molar-refractivity contribution in [3.8, 4) is 0 Å². The first-order valence-electron chi connectivity index (χ1n) is 8.78. The molecule has 1 amide bonds. The monoisotopic (exact) mass is 440 g/mol. The van der Waals surface area contributed by atoms with E-state index in [1.807, 2.05) is 47.8 Å². The topological polar surface area (TPSA) is 40.5 Å². The summed E-state index contributed by atoms with van der Waals surface area (Å²) < 4.78 is 0.903. The molecule has 0 spiro atoms. The van der Waals surface area contributed by atoms with Gasteiger partial charge in [0.05, 0.1) is 38.1 Å². The molecule has 0 aliphatic rings. The van der Waals surface area contributed by atoms with Crippen LogP contribution in [0.4, 0.5) is 0 Å². The van der Waals surface area contributed by atoms with E-state index in [1.165, 1.54) is 11.3 Å². The zero-order valence-corrected chi connectivity index (χ0v) is 18.4. The molecule has 1 N–H and O–H groups in total. The van der Waals surface area contributed by atoms with Crippen molar-refractivity contribution in [2.45, 2.75) is 19.4 Å². The maximum atomic E-state index is 13.2. The zero-order valence-electron chi connectivity index (χ0n) is 16.0. The molecular formula is C20H29BrN2O2S. The van der Waals surface area contributed by atoms with E-state index < -0.39 is 5.60 Å². The van der Waals surface area contributed by atoms with E-state index in [9.17, 15) is 9.90 Å². The average molecular weight is 441 g/mol. The summed E-state index contributed by atoms with van der Waals surface area (Å²) in [4.78, 5) is 15.5. The second kappa shape index (κ2) is 9.65. The summed E-state index contributed by atoms with van der Waals surface area (Å²) in [6.07, 6.45) is 0. The van der Waals surface area contributed by atoms with Crippen LogP contribution in [0.15, 0.2) is 47.8 Å². The predicted octanol–water partition coefficient (Wildman–Crippen LogP) is -0.0672. The van der Waals surface area contributed by atoms with Crippen LogP contribution in [-0.2, 0) is 10.4 Å². The van der Waals surface area contributed by atoms with Crippen molar-refractivity contribution >= 4 is 17.2 Å². The lowest BCUT2D eigenvalue weighted by Crippen LogP contribution is -3.00. The standard InChI is InChI=1S/C20H29N2O2S.BrH/c1-5-22(4,6-2)15-14-21(3)19(23)20(24,18-13-10-16-25-18)17-11-8-7-9-12-17;/h7-13,16,24H,5-6,14-15H2,1-4H3;1H/q+1;/p-1. The van der Waals surface area contributed by atoms with Crippen LogP contribution < -0.4 is 17.0 Å². The highest BCUT2D eigenvalue weighted by atomic mass is 79.9. The van der Waals surface area contributed by atoms with E-state index >= 15 is 0 Å². The minimum atomic E-state index is -1.63. The van der Waals surface area contributed by atoms with E-state index in [4.69, 9.17) is 0 Å². The molecule has 0 aliphatic carbocycles. The van der Waals surface area contributed by atoms with Gasteiger partial charge in [0.1, 0.15) is 0 Å². The minimum absolute atomic E-state index is 0. The van der Waals surface area contributed by atoms with Crippen molar-refractivity contribution in [2.24, 2.45) is 0 Å². The van der Waals surface area contributed by atoms with Gasteiger partial charge < -0.3 is 31.5 Å². The lowest BCUT2D eigenvalue weighted by atomic mass is 9.90. The van der Waals surface area contributed by atoms with Gasteiger partial charge in [-0.25, -0.2) is 0 Å². The van der Waals surface area contributed by atoms with E-state index in [-0.39, 0.29) is 22.9 Å². The van der Waals surface area contributed by atoms with Crippen LogP contribution >= 0.6 is 11.3 Å². The van der Waals surface area contributed by atoms with Gasteiger partial charge in [0.15, 0.2) is 0 Å². The lowest BCUT2D eigenvalue weighted by Gasteiger charge is -2.36. The van der Waals surface area contributed by atoms with Crippen molar-refractivity contribution in [1.29, 1.82) is 0 Å². The number of aliphatic hydroxyl groups is 1. The Morgan fingerprint density at radius 3 is 2.27 bits per heavy atom. The molecular weight excluding hydrogens is 412 g/mol. The maximum absolute atomic E-state index is 13.2. The summed E-state index contributed by atoms with van der Waals surface area (Å²) in [7, 11) is 3.97. The molecule has 144 valence electrons. The van der Waals surface area contributed by atoms with Crippen LogP contribution in [0.5, 0.6) is 0 Å². The molecule has 0 aliphatic heterocycles. The molecule has 2 aromatic rings. The van der Waals surface area contributed by atoms with Crippen molar-refractivity contribution in [3.05, 3.63) is 58.3 Å². The number of amides is 1. The van der Waals surface area contributed by atoms with Crippen LogP contribution in [-0.4, -0.2) is 60.7 Å². The molecule has 0 radical (unpaired) electrons. The second-order valence-corrected chi connectivity index (χ2v) is 7.70. The van der Waals surface area contributed by atoms with Gasteiger partial charge >= 0.3 is 0 Å². The molecule has 0 bridgehead atoms. The molecule has 1 heterocycles. The Kier molecular flexibility index (Phi) is 8.47. The molecule has 1 aromatic carbocycles. The fourth-order valence-electron chi connectivity index (χ4n) is 2.84. The first-order valence-corrected chi connectivity index (χ1v) is 9.66. The number of benzene rings is 1. The normalized spacial score (nSPS) is 13.6. The third-order valence-corrected chi connectivity index (χ3v) is 6.21. The molecule has 0 saturated heterocycles. The molecule has 0 fully saturated rings. The number of likely N-dealkylation sites (N-methyl/N-ethyl adjacent to an activating group) is 2. The number of carbonyl (C=O) groups is 1. The van der Waals surface area contributed by atoms with Gasteiger partial charge in [0.25, 0.3) is 5.91 Å². The molecule has 1 unspecified atom stereocenters. The molecule has 6 heteroatoms. The number of nitrogens with zero attached hydrogens (tertiary/aromatic N) is 2. The fourth-order valence-corrected chi connectivity index (χ4v) is 3.68. The van der Waals surface area contributed by atoms with E-state index in [0.717, 1.165) is 24.1 Å². The first-order chi connectivity index (χ1) is 11.9. The summed E-state index contributed by atoms with van der Waals surface area (Å²) in [5.74, 6) is -0.278. The SMILES string of the molecule is CC[N+](C)(CC)CCN(C)C(=O)C(O)(c1ccccc1)c1cccs1.[Br-]. The molecule has 1 atom stereocenters. The predicted molar refractivity (Wildman–Crippen MR) is 104 cm³/mol. The highest BCUT2D eigenvalue weighted by molar-refractivity contribution is 7.10. The lowest BCUT2D eigenvalue weighted by molar-refractivity contribution is -0.905. The average Bonchev–Trinajstić information content (AvgIpc) is 3.20. The highest BCUT2D eigenvalue weighted by Crippen LogP contribution is 2.34. The van der Waals surface area contributed by atoms with Gasteiger partial charge in [-0.1, -0.05) is 36.4 Å². The van der Waals surface area contributed by atoms with Crippen molar-refractivity contribution < 1.29 is 31.4 Å². The Morgan fingerprint density at radius 2 is 1.77 bits per heavy atom. The van der Waals surface area contributed by atoms with Crippen molar-refractivity contribution in [1.82, 2.24) is 4.90 Å². The van der Waals surface area contributed by atoms with Crippen molar-refractivity contribution in [3.63, 3.8) is 0 Å². The Hall–Kier alpha value is -1.21. The molecule has 2 rings (SSSR count). The smallest absolute Gasteiger partial charge is 0.264 e. The van der Waals surface area contributed by atoms with Gasteiger partial charge in [-0.2, -0.15) is 0 Å². The number of thiophene rings is 1. The largest absolute Gasteiger partial charge is 1.00 e. The summed E-state index contributed by atoms with van der Waals surface area (Å²) in [5, 5.41) is 13.3.